The molecule has 4 aliphatic heterocycles. The molecule has 18 heteroatoms. The fourth-order valence-electron chi connectivity index (χ4n) is 7.69. The molecule has 8 atom stereocenters. The van der Waals surface area contributed by atoms with Crippen LogP contribution in [-0.4, -0.2) is 112 Å². The topological polar surface area (TPSA) is 232 Å². The minimum Gasteiger partial charge on any atom is -0.480 e. The lowest BCUT2D eigenvalue weighted by atomic mass is 9.95. The third-order valence-corrected chi connectivity index (χ3v) is 13.5. The standard InChI is InChI=1S/C38H44N6O10S2/c1-37(2)27(35(51)52)43-31(49)25(33(43)55-37)41-29(47)23(19-13-7-5-8-14-19)39-21(45)17-11-12-18-22(46)40-24(20-15-9-6-10-16-20)30(48)42-26-32(50)44-28(36(53)54)38(3,4)56-34(26)44/h5-10,13-16,23-28,33-34H,11-12,17-18H2,1-4H3,(H,39,45)(H,40,46)(H,41,47)(H,42,48)(H,51,52)(H,53,54)/t23?,24?,25-,26-,27+,28+,33-,34-/m0/s1. The van der Waals surface area contributed by atoms with Crippen LogP contribution in [0.2, 0.25) is 0 Å². The van der Waals surface area contributed by atoms with Gasteiger partial charge >= 0.3 is 11.9 Å². The first-order chi connectivity index (χ1) is 26.4. The third-order valence-electron chi connectivity index (χ3n) is 10.4. The second kappa shape index (κ2) is 15.8. The van der Waals surface area contributed by atoms with Gasteiger partial charge in [0.2, 0.25) is 35.4 Å². The lowest BCUT2D eigenvalue weighted by Gasteiger charge is -2.44. The van der Waals surface area contributed by atoms with Gasteiger partial charge in [-0.15, -0.1) is 23.5 Å². The number of benzene rings is 2. The van der Waals surface area contributed by atoms with Gasteiger partial charge in [0.1, 0.15) is 47.0 Å². The van der Waals surface area contributed by atoms with E-state index in [0.717, 1.165) is 0 Å². The summed E-state index contributed by atoms with van der Waals surface area (Å²) in [5.41, 5.74) is 0.949. The predicted octanol–water partition coefficient (Wildman–Crippen LogP) is 1.53. The van der Waals surface area contributed by atoms with Crippen molar-refractivity contribution in [3.05, 3.63) is 71.8 Å². The number of fused-ring (bicyclic) bond motifs is 2. The van der Waals surface area contributed by atoms with E-state index in [9.17, 15) is 48.6 Å². The molecule has 0 bridgehead atoms. The highest BCUT2D eigenvalue weighted by molar-refractivity contribution is 8.02. The molecule has 0 radical (unpaired) electrons. The van der Waals surface area contributed by atoms with Gasteiger partial charge in [0.05, 0.1) is 0 Å². The van der Waals surface area contributed by atoms with Crippen LogP contribution in [0.25, 0.3) is 0 Å². The third kappa shape index (κ3) is 7.80. The summed E-state index contributed by atoms with van der Waals surface area (Å²) < 4.78 is -1.55. The Balaban J connectivity index is 1.01. The predicted molar refractivity (Wildman–Crippen MR) is 204 cm³/mol. The van der Waals surface area contributed by atoms with Crippen molar-refractivity contribution in [3.8, 4) is 0 Å². The Bertz CT molecular complexity index is 1790. The molecule has 4 fully saturated rings. The van der Waals surface area contributed by atoms with Gasteiger partial charge in [-0.1, -0.05) is 60.7 Å². The number of nitrogens with zero attached hydrogens (tertiary/aromatic N) is 2. The molecule has 2 aromatic carbocycles. The fraction of sp³-hybridized carbons (Fsp3) is 0.474. The number of hydrogen-bond donors (Lipinski definition) is 6. The molecule has 6 amide bonds. The Morgan fingerprint density at radius 1 is 0.625 bits per heavy atom. The molecule has 2 unspecified atom stereocenters. The molecular formula is C38H44N6O10S2. The summed E-state index contributed by atoms with van der Waals surface area (Å²) in [5.74, 6) is -5.47. The average molecular weight is 809 g/mol. The van der Waals surface area contributed by atoms with E-state index < -0.39 is 104 Å². The maximum Gasteiger partial charge on any atom is 0.327 e. The van der Waals surface area contributed by atoms with E-state index in [2.05, 4.69) is 21.3 Å². The van der Waals surface area contributed by atoms with E-state index >= 15 is 0 Å². The van der Waals surface area contributed by atoms with Gasteiger partial charge in [0.25, 0.3) is 0 Å². The number of carbonyl (C=O) groups is 8. The smallest absolute Gasteiger partial charge is 0.327 e. The maximum atomic E-state index is 13.6. The first-order valence-electron chi connectivity index (χ1n) is 18.2. The Morgan fingerprint density at radius 3 is 1.29 bits per heavy atom. The first-order valence-corrected chi connectivity index (χ1v) is 19.9. The molecule has 6 rings (SSSR count). The highest BCUT2D eigenvalue weighted by Crippen LogP contribution is 2.52. The zero-order valence-corrected chi connectivity index (χ0v) is 32.7. The Morgan fingerprint density at radius 2 is 0.964 bits per heavy atom. The van der Waals surface area contributed by atoms with Crippen molar-refractivity contribution in [2.75, 3.05) is 0 Å². The number of carbonyl (C=O) groups excluding carboxylic acids is 6. The number of rotatable bonds is 15. The van der Waals surface area contributed by atoms with E-state index in [4.69, 9.17) is 0 Å². The molecule has 0 aromatic heterocycles. The number of unbranched alkanes of at least 4 members (excludes halogenated alkanes) is 1. The minimum atomic E-state index is -1.15. The zero-order valence-electron chi connectivity index (χ0n) is 31.1. The van der Waals surface area contributed by atoms with Crippen molar-refractivity contribution in [1.29, 1.82) is 0 Å². The molecule has 0 spiro atoms. The summed E-state index contributed by atoms with van der Waals surface area (Å²) >= 11 is 2.59. The van der Waals surface area contributed by atoms with Crippen molar-refractivity contribution in [3.63, 3.8) is 0 Å². The summed E-state index contributed by atoms with van der Waals surface area (Å²) in [6, 6.07) is 10.7. The Hall–Kier alpha value is -5.10. The maximum absolute atomic E-state index is 13.6. The fourth-order valence-corrected chi connectivity index (χ4v) is 10.9. The molecule has 2 aromatic rings. The Labute approximate surface area is 331 Å². The number of nitrogens with one attached hydrogen (secondary N) is 4. The van der Waals surface area contributed by atoms with Crippen LogP contribution in [-0.2, 0) is 38.4 Å². The lowest BCUT2D eigenvalue weighted by Crippen LogP contribution is -2.71. The van der Waals surface area contributed by atoms with Crippen molar-refractivity contribution in [2.24, 2.45) is 0 Å². The molecule has 4 saturated heterocycles. The van der Waals surface area contributed by atoms with Gasteiger partial charge in [-0.05, 0) is 51.7 Å². The van der Waals surface area contributed by atoms with Gasteiger partial charge in [0.15, 0.2) is 0 Å². The normalized spacial score (nSPS) is 26.4. The number of thioether (sulfide) groups is 2. The molecule has 298 valence electrons. The van der Waals surface area contributed by atoms with Crippen molar-refractivity contribution < 1.29 is 48.6 Å². The summed E-state index contributed by atoms with van der Waals surface area (Å²) in [6.45, 7) is 6.94. The van der Waals surface area contributed by atoms with Crippen LogP contribution in [0.15, 0.2) is 60.7 Å². The van der Waals surface area contributed by atoms with Gasteiger partial charge < -0.3 is 41.3 Å². The number of amides is 6. The van der Waals surface area contributed by atoms with E-state index in [0.29, 0.717) is 11.1 Å². The summed E-state index contributed by atoms with van der Waals surface area (Å²) in [5, 5.41) is 29.2. The molecule has 4 heterocycles. The number of hydrogen-bond acceptors (Lipinski definition) is 10. The summed E-state index contributed by atoms with van der Waals surface area (Å²) in [6.07, 6.45) is 0.443. The largest absolute Gasteiger partial charge is 0.480 e. The first kappa shape index (κ1) is 40.6. The number of aliphatic carboxylic acids is 2. The van der Waals surface area contributed by atoms with Crippen LogP contribution in [0.3, 0.4) is 0 Å². The molecular weight excluding hydrogens is 765 g/mol. The second-order valence-corrected chi connectivity index (χ2v) is 18.7. The monoisotopic (exact) mass is 808 g/mol. The number of carboxylic acid groups (broad SMARTS) is 2. The van der Waals surface area contributed by atoms with Gasteiger partial charge in [-0.3, -0.25) is 28.8 Å². The van der Waals surface area contributed by atoms with E-state index in [-0.39, 0.29) is 25.7 Å². The highest BCUT2D eigenvalue weighted by Gasteiger charge is 2.65. The summed E-state index contributed by atoms with van der Waals surface area (Å²) in [7, 11) is 0. The quantitative estimate of drug-likeness (QED) is 0.111. The van der Waals surface area contributed by atoms with Gasteiger partial charge in [-0.2, -0.15) is 0 Å². The number of β-lactam (4-membered cyclic amide) rings is 2. The van der Waals surface area contributed by atoms with Crippen LogP contribution < -0.4 is 21.3 Å². The van der Waals surface area contributed by atoms with Gasteiger partial charge in [-0.25, -0.2) is 9.59 Å². The van der Waals surface area contributed by atoms with Crippen molar-refractivity contribution >= 4 is 70.9 Å². The molecule has 16 nitrogen and oxygen atoms in total. The van der Waals surface area contributed by atoms with E-state index in [1.165, 1.54) is 33.3 Å². The van der Waals surface area contributed by atoms with Crippen molar-refractivity contribution in [1.82, 2.24) is 31.1 Å². The van der Waals surface area contributed by atoms with E-state index in [1.807, 2.05) is 0 Å². The minimum absolute atomic E-state index is 0.0391. The van der Waals surface area contributed by atoms with Crippen LogP contribution in [0.1, 0.15) is 76.6 Å². The summed E-state index contributed by atoms with van der Waals surface area (Å²) in [4.78, 5) is 106. The molecule has 56 heavy (non-hydrogen) atoms. The second-order valence-electron chi connectivity index (χ2n) is 15.2. The highest BCUT2D eigenvalue weighted by atomic mass is 32.2. The van der Waals surface area contributed by atoms with Crippen molar-refractivity contribution in [2.45, 2.75) is 110 Å². The van der Waals surface area contributed by atoms with Crippen LogP contribution in [0.4, 0.5) is 0 Å². The lowest BCUT2D eigenvalue weighted by molar-refractivity contribution is -0.161. The van der Waals surface area contributed by atoms with E-state index in [1.54, 1.807) is 88.4 Å². The molecule has 4 aliphatic rings. The SMILES string of the molecule is CC1(C)S[C@H]2[C@@H](NC(=O)C(NC(=O)CCCCC(=O)NC(C(=O)N[C@H]3C(=O)N4[C@H]3SC(C)(C)[C@H]4C(=O)O)c3ccccc3)c3ccccc3)C(=O)N2[C@@H]1C(=O)O. The molecule has 6 N–H and O–H groups in total. The molecule has 0 saturated carbocycles. The van der Waals surface area contributed by atoms with Gasteiger partial charge in [0, 0.05) is 22.3 Å². The van der Waals surface area contributed by atoms with Crippen LogP contribution in [0, 0.1) is 0 Å². The van der Waals surface area contributed by atoms with Crippen LogP contribution >= 0.6 is 23.5 Å². The number of carboxylic acids is 2. The molecule has 0 aliphatic carbocycles. The zero-order chi connectivity index (χ0) is 40.7. The average Bonchev–Trinajstić information content (AvgIpc) is 3.57. The Kier molecular flexibility index (Phi) is 11.4. The van der Waals surface area contributed by atoms with Crippen LogP contribution in [0.5, 0.6) is 0 Å².